The third-order valence-electron chi connectivity index (χ3n) is 4.54. The fraction of sp³-hybridized carbons (Fsp3) is 0.143. The number of carbonyl (C=O) groups excluding carboxylic acids is 1. The second-order valence-corrected chi connectivity index (χ2v) is 7.77. The lowest BCUT2D eigenvalue weighted by molar-refractivity contribution is -0.116. The highest BCUT2D eigenvalue weighted by Crippen LogP contribution is 2.24. The van der Waals surface area contributed by atoms with Gasteiger partial charge in [-0.05, 0) is 38.1 Å². The van der Waals surface area contributed by atoms with E-state index in [1.165, 1.54) is 23.0 Å². The number of nitrogens with one attached hydrogen (secondary N) is 1. The van der Waals surface area contributed by atoms with Gasteiger partial charge in [0.1, 0.15) is 12.4 Å². The zero-order chi connectivity index (χ0) is 21.4. The smallest absolute Gasteiger partial charge is 0.261 e. The van der Waals surface area contributed by atoms with Gasteiger partial charge in [0.2, 0.25) is 5.91 Å². The SMILES string of the molecule is Cc1ccc(-n2nc(C)cc2NC(=O)Cn2cnc3c(Cl)cc(Cl)cc3c2=O)cc1. The van der Waals surface area contributed by atoms with E-state index in [2.05, 4.69) is 15.4 Å². The molecule has 4 aromatic rings. The van der Waals surface area contributed by atoms with Gasteiger partial charge in [0.05, 0.1) is 33.6 Å². The standard InChI is InChI=1S/C21H17Cl2N5O2/c1-12-3-5-15(6-4-12)28-18(7-13(2)26-28)25-19(29)10-27-11-24-20-16(21(27)30)8-14(22)9-17(20)23/h3-9,11H,10H2,1-2H3,(H,25,29). The maximum atomic E-state index is 12.8. The number of hydrogen-bond acceptors (Lipinski definition) is 4. The van der Waals surface area contributed by atoms with Gasteiger partial charge in [-0.3, -0.25) is 14.2 Å². The molecule has 1 N–H and O–H groups in total. The van der Waals surface area contributed by atoms with Gasteiger partial charge in [-0.2, -0.15) is 5.10 Å². The first kappa shape index (κ1) is 20.1. The summed E-state index contributed by atoms with van der Waals surface area (Å²) in [6.07, 6.45) is 1.30. The van der Waals surface area contributed by atoms with E-state index in [9.17, 15) is 9.59 Å². The molecule has 0 saturated carbocycles. The lowest BCUT2D eigenvalue weighted by atomic mass is 10.2. The average molecular weight is 442 g/mol. The molecule has 0 atom stereocenters. The molecule has 2 aromatic carbocycles. The number of halogens is 2. The van der Waals surface area contributed by atoms with Crippen LogP contribution in [0.4, 0.5) is 5.82 Å². The highest BCUT2D eigenvalue weighted by Gasteiger charge is 2.14. The van der Waals surface area contributed by atoms with Crippen LogP contribution in [0.15, 0.2) is 53.6 Å². The predicted octanol–water partition coefficient (Wildman–Crippen LogP) is 4.14. The number of aryl methyl sites for hydroxylation is 2. The van der Waals surface area contributed by atoms with Gasteiger partial charge < -0.3 is 5.32 Å². The first-order chi connectivity index (χ1) is 14.3. The van der Waals surface area contributed by atoms with Crippen molar-refractivity contribution in [3.63, 3.8) is 0 Å². The van der Waals surface area contributed by atoms with E-state index in [1.807, 2.05) is 38.1 Å². The maximum Gasteiger partial charge on any atom is 0.261 e. The van der Waals surface area contributed by atoms with E-state index in [0.29, 0.717) is 16.4 Å². The number of hydrogen-bond donors (Lipinski definition) is 1. The van der Waals surface area contributed by atoms with E-state index < -0.39 is 5.56 Å². The minimum atomic E-state index is -0.400. The number of fused-ring (bicyclic) bond motifs is 1. The van der Waals surface area contributed by atoms with Gasteiger partial charge >= 0.3 is 0 Å². The topological polar surface area (TPSA) is 81.8 Å². The van der Waals surface area contributed by atoms with Gasteiger partial charge in [-0.15, -0.1) is 0 Å². The summed E-state index contributed by atoms with van der Waals surface area (Å²) in [5.74, 6) is 0.119. The molecule has 0 unspecified atom stereocenters. The quantitative estimate of drug-likeness (QED) is 0.515. The van der Waals surface area contributed by atoms with Crippen molar-refractivity contribution in [1.29, 1.82) is 0 Å². The van der Waals surface area contributed by atoms with Crippen LogP contribution in [0.1, 0.15) is 11.3 Å². The molecule has 30 heavy (non-hydrogen) atoms. The van der Waals surface area contributed by atoms with Crippen LogP contribution in [0.2, 0.25) is 10.0 Å². The summed E-state index contributed by atoms with van der Waals surface area (Å²) in [4.78, 5) is 29.6. The molecule has 152 valence electrons. The number of benzene rings is 2. The molecule has 0 radical (unpaired) electrons. The van der Waals surface area contributed by atoms with Crippen LogP contribution in [0, 0.1) is 13.8 Å². The van der Waals surface area contributed by atoms with Crippen LogP contribution >= 0.6 is 23.2 Å². The second kappa shape index (κ2) is 7.93. The lowest BCUT2D eigenvalue weighted by Gasteiger charge is -2.11. The van der Waals surface area contributed by atoms with Crippen molar-refractivity contribution >= 4 is 45.8 Å². The molecule has 0 aliphatic rings. The van der Waals surface area contributed by atoms with Crippen LogP contribution in [0.5, 0.6) is 0 Å². The normalized spacial score (nSPS) is 11.1. The third kappa shape index (κ3) is 3.94. The average Bonchev–Trinajstić information content (AvgIpc) is 3.05. The zero-order valence-corrected chi connectivity index (χ0v) is 17.7. The van der Waals surface area contributed by atoms with Crippen molar-refractivity contribution in [3.8, 4) is 5.69 Å². The molecule has 9 heteroatoms. The molecule has 0 spiro atoms. The number of aromatic nitrogens is 4. The maximum absolute atomic E-state index is 12.8. The number of anilines is 1. The van der Waals surface area contributed by atoms with Crippen LogP contribution in [0.3, 0.4) is 0 Å². The second-order valence-electron chi connectivity index (χ2n) is 6.93. The Morgan fingerprint density at radius 3 is 2.57 bits per heavy atom. The number of rotatable bonds is 4. The first-order valence-electron chi connectivity index (χ1n) is 9.09. The summed E-state index contributed by atoms with van der Waals surface area (Å²) in [5, 5.41) is 8.11. The predicted molar refractivity (Wildman–Crippen MR) is 118 cm³/mol. The minimum Gasteiger partial charge on any atom is -0.309 e. The molecular weight excluding hydrogens is 425 g/mol. The van der Waals surface area contributed by atoms with Crippen molar-refractivity contribution in [1.82, 2.24) is 19.3 Å². The molecule has 0 bridgehead atoms. The fourth-order valence-electron chi connectivity index (χ4n) is 3.12. The summed E-state index contributed by atoms with van der Waals surface area (Å²) in [6, 6.07) is 12.5. The summed E-state index contributed by atoms with van der Waals surface area (Å²) in [6.45, 7) is 3.62. The fourth-order valence-corrected chi connectivity index (χ4v) is 3.66. The zero-order valence-electron chi connectivity index (χ0n) is 16.2. The van der Waals surface area contributed by atoms with Gasteiger partial charge in [-0.25, -0.2) is 9.67 Å². The minimum absolute atomic E-state index is 0.218. The molecule has 0 saturated heterocycles. The Balaban J connectivity index is 1.61. The van der Waals surface area contributed by atoms with Crippen LogP contribution in [-0.4, -0.2) is 25.2 Å². The molecule has 4 rings (SSSR count). The Labute approximate surface area is 181 Å². The van der Waals surface area contributed by atoms with Gasteiger partial charge in [0.25, 0.3) is 5.56 Å². The largest absolute Gasteiger partial charge is 0.309 e. The summed E-state index contributed by atoms with van der Waals surface area (Å²) < 4.78 is 2.86. The van der Waals surface area contributed by atoms with Crippen molar-refractivity contribution < 1.29 is 4.79 Å². The molecular formula is C21H17Cl2N5O2. The highest BCUT2D eigenvalue weighted by atomic mass is 35.5. The Morgan fingerprint density at radius 2 is 1.83 bits per heavy atom. The Hall–Kier alpha value is -3.16. The van der Waals surface area contributed by atoms with E-state index in [-0.39, 0.29) is 22.9 Å². The Kier molecular flexibility index (Phi) is 5.32. The Bertz CT molecular complexity index is 1330. The summed E-state index contributed by atoms with van der Waals surface area (Å²) >= 11 is 12.1. The van der Waals surface area contributed by atoms with Crippen LogP contribution in [-0.2, 0) is 11.3 Å². The van der Waals surface area contributed by atoms with Gasteiger partial charge in [0.15, 0.2) is 0 Å². The van der Waals surface area contributed by atoms with Crippen molar-refractivity contribution in [3.05, 3.63) is 80.4 Å². The summed E-state index contributed by atoms with van der Waals surface area (Å²) in [5.41, 5.74) is 2.63. The molecule has 1 amide bonds. The van der Waals surface area contributed by atoms with Crippen molar-refractivity contribution in [2.24, 2.45) is 0 Å². The first-order valence-corrected chi connectivity index (χ1v) is 9.85. The third-order valence-corrected chi connectivity index (χ3v) is 5.04. The molecule has 2 aromatic heterocycles. The molecule has 7 nitrogen and oxygen atoms in total. The lowest BCUT2D eigenvalue weighted by Crippen LogP contribution is -2.28. The highest BCUT2D eigenvalue weighted by molar-refractivity contribution is 6.38. The van der Waals surface area contributed by atoms with Gasteiger partial charge in [0, 0.05) is 11.1 Å². The molecule has 0 fully saturated rings. The number of carbonyl (C=O) groups is 1. The molecule has 2 heterocycles. The van der Waals surface area contributed by atoms with E-state index in [0.717, 1.165) is 16.9 Å². The monoisotopic (exact) mass is 441 g/mol. The number of amides is 1. The molecule has 0 aliphatic heterocycles. The number of nitrogens with zero attached hydrogens (tertiary/aromatic N) is 4. The van der Waals surface area contributed by atoms with Crippen LogP contribution in [0.25, 0.3) is 16.6 Å². The van der Waals surface area contributed by atoms with Crippen LogP contribution < -0.4 is 10.9 Å². The molecule has 0 aliphatic carbocycles. The van der Waals surface area contributed by atoms with E-state index in [4.69, 9.17) is 23.2 Å². The van der Waals surface area contributed by atoms with Gasteiger partial charge in [-0.1, -0.05) is 40.9 Å². The van der Waals surface area contributed by atoms with E-state index >= 15 is 0 Å². The Morgan fingerprint density at radius 1 is 1.10 bits per heavy atom. The summed E-state index contributed by atoms with van der Waals surface area (Å²) in [7, 11) is 0. The van der Waals surface area contributed by atoms with E-state index in [1.54, 1.807) is 10.7 Å². The van der Waals surface area contributed by atoms with Crippen molar-refractivity contribution in [2.75, 3.05) is 5.32 Å². The van der Waals surface area contributed by atoms with Crippen molar-refractivity contribution in [2.45, 2.75) is 20.4 Å².